The lowest BCUT2D eigenvalue weighted by Gasteiger charge is -2.27. The molecule has 0 aliphatic heterocycles. The summed E-state index contributed by atoms with van der Waals surface area (Å²) in [5.41, 5.74) is 1.40. The fraction of sp³-hybridized carbons (Fsp3) is 0.222. The molecule has 1 N–H and O–H groups in total. The van der Waals surface area contributed by atoms with E-state index in [1.165, 1.54) is 48.4 Å². The molecule has 10 heteroatoms. The zero-order valence-corrected chi connectivity index (χ0v) is 21.1. The highest BCUT2D eigenvalue weighted by atomic mass is 32.2. The van der Waals surface area contributed by atoms with Gasteiger partial charge in [-0.05, 0) is 54.5 Å². The first-order valence-corrected chi connectivity index (χ1v) is 12.8. The summed E-state index contributed by atoms with van der Waals surface area (Å²) in [5, 5.41) is 9.61. The van der Waals surface area contributed by atoms with Crippen LogP contribution in [0.1, 0.15) is 22.3 Å². The summed E-state index contributed by atoms with van der Waals surface area (Å²) in [4.78, 5) is 14.1. The molecule has 0 heterocycles. The first-order valence-electron chi connectivity index (χ1n) is 11.3. The van der Waals surface area contributed by atoms with E-state index in [1.807, 2.05) is 6.92 Å². The number of halogens is 3. The summed E-state index contributed by atoms with van der Waals surface area (Å²) in [6, 6.07) is 17.5. The maximum absolute atomic E-state index is 13.4. The molecular weight excluding hydrogens is 505 g/mol. The summed E-state index contributed by atoms with van der Waals surface area (Å²) in [5.74, 6) is -0.426. The third-order valence-corrected chi connectivity index (χ3v) is 7.44. The van der Waals surface area contributed by atoms with Gasteiger partial charge in [-0.2, -0.15) is 13.2 Å². The Bertz CT molecular complexity index is 1350. The van der Waals surface area contributed by atoms with Crippen molar-refractivity contribution in [1.82, 2.24) is 4.90 Å². The molecule has 0 unspecified atom stereocenters. The van der Waals surface area contributed by atoms with Gasteiger partial charge in [-0.25, -0.2) is 8.42 Å². The molecule has 0 saturated carbocycles. The second-order valence-corrected chi connectivity index (χ2v) is 10.3. The molecule has 3 aromatic rings. The van der Waals surface area contributed by atoms with E-state index in [-0.39, 0.29) is 18.0 Å². The molecule has 0 atom stereocenters. The molecule has 37 heavy (non-hydrogen) atoms. The Labute approximate surface area is 214 Å². The van der Waals surface area contributed by atoms with Crippen LogP contribution in [0.15, 0.2) is 83.8 Å². The minimum absolute atomic E-state index is 0.0533. The largest absolute Gasteiger partial charge is 0.416 e. The number of sulfonamides is 1. The normalized spacial score (nSPS) is 12.1. The van der Waals surface area contributed by atoms with Crippen molar-refractivity contribution < 1.29 is 31.5 Å². The van der Waals surface area contributed by atoms with E-state index in [9.17, 15) is 31.5 Å². The molecule has 0 radical (unpaired) electrons. The number of amides is 1. The highest BCUT2D eigenvalue weighted by molar-refractivity contribution is 7.92. The van der Waals surface area contributed by atoms with Gasteiger partial charge in [-0.15, -0.1) is 0 Å². The van der Waals surface area contributed by atoms with Crippen LogP contribution in [0.4, 0.5) is 18.9 Å². The summed E-state index contributed by atoms with van der Waals surface area (Å²) < 4.78 is 66.1. The molecule has 0 bridgehead atoms. The molecule has 0 aliphatic carbocycles. The molecule has 3 rings (SSSR count). The number of likely N-dealkylation sites (N-methyl/N-ethyl adjacent to an activating group) is 1. The van der Waals surface area contributed by atoms with E-state index in [2.05, 4.69) is 0 Å². The number of benzene rings is 3. The standard InChI is InChI=1S/C27H27F3N2O4S/c1-20-7-14-24(15-8-20)37(35,36)32(17-18-33)25-6-4-3-5-22(25)19-31(2)26(34)16-11-21-9-12-23(13-10-21)27(28,29)30/h3-16,33H,17-19H2,1-2H3/b16-11+. The van der Waals surface area contributed by atoms with E-state index in [0.29, 0.717) is 16.8 Å². The fourth-order valence-electron chi connectivity index (χ4n) is 3.60. The van der Waals surface area contributed by atoms with Gasteiger partial charge in [0.05, 0.1) is 29.3 Å². The molecule has 196 valence electrons. The van der Waals surface area contributed by atoms with Crippen molar-refractivity contribution in [2.45, 2.75) is 24.5 Å². The number of para-hydroxylation sites is 1. The van der Waals surface area contributed by atoms with Crippen LogP contribution >= 0.6 is 0 Å². The molecule has 1 amide bonds. The van der Waals surface area contributed by atoms with Gasteiger partial charge in [0.1, 0.15) is 0 Å². The minimum atomic E-state index is -4.44. The van der Waals surface area contributed by atoms with Crippen molar-refractivity contribution >= 4 is 27.7 Å². The van der Waals surface area contributed by atoms with Gasteiger partial charge in [0, 0.05) is 19.7 Å². The Kier molecular flexibility index (Phi) is 8.77. The molecule has 0 fully saturated rings. The molecule has 6 nitrogen and oxygen atoms in total. The number of carbonyl (C=O) groups is 1. The van der Waals surface area contributed by atoms with Gasteiger partial charge >= 0.3 is 6.18 Å². The second-order valence-electron chi connectivity index (χ2n) is 8.39. The number of carbonyl (C=O) groups excluding carboxylic acids is 1. The van der Waals surface area contributed by atoms with Gasteiger partial charge in [0.2, 0.25) is 5.91 Å². The number of aliphatic hydroxyl groups excluding tert-OH is 1. The van der Waals surface area contributed by atoms with Crippen molar-refractivity contribution in [2.24, 2.45) is 0 Å². The minimum Gasteiger partial charge on any atom is -0.394 e. The molecule has 0 spiro atoms. The smallest absolute Gasteiger partial charge is 0.394 e. The maximum Gasteiger partial charge on any atom is 0.416 e. The van der Waals surface area contributed by atoms with Crippen LogP contribution < -0.4 is 4.31 Å². The summed E-state index contributed by atoms with van der Waals surface area (Å²) in [6.07, 6.45) is -1.80. The zero-order chi connectivity index (χ0) is 27.2. The fourth-order valence-corrected chi connectivity index (χ4v) is 5.09. The third kappa shape index (κ3) is 6.99. The van der Waals surface area contributed by atoms with Crippen molar-refractivity contribution in [3.63, 3.8) is 0 Å². The number of aliphatic hydroxyl groups is 1. The Morgan fingerprint density at radius 3 is 2.19 bits per heavy atom. The average Bonchev–Trinajstić information content (AvgIpc) is 2.86. The molecule has 0 saturated heterocycles. The lowest BCUT2D eigenvalue weighted by atomic mass is 10.1. The Morgan fingerprint density at radius 2 is 1.59 bits per heavy atom. The van der Waals surface area contributed by atoms with Crippen molar-refractivity contribution in [2.75, 3.05) is 24.5 Å². The van der Waals surface area contributed by atoms with E-state index in [1.54, 1.807) is 36.4 Å². The molecular formula is C27H27F3N2O4S. The van der Waals surface area contributed by atoms with E-state index >= 15 is 0 Å². The zero-order valence-electron chi connectivity index (χ0n) is 20.3. The summed E-state index contributed by atoms with van der Waals surface area (Å²) >= 11 is 0. The second kappa shape index (κ2) is 11.6. The number of nitrogens with zero attached hydrogens (tertiary/aromatic N) is 2. The lowest BCUT2D eigenvalue weighted by Crippen LogP contribution is -2.35. The van der Waals surface area contributed by atoms with E-state index in [4.69, 9.17) is 0 Å². The van der Waals surface area contributed by atoms with Gasteiger partial charge in [0.15, 0.2) is 0 Å². The number of alkyl halides is 3. The first-order chi connectivity index (χ1) is 17.4. The van der Waals surface area contributed by atoms with Crippen LogP contribution in [-0.2, 0) is 27.5 Å². The quantitative estimate of drug-likeness (QED) is 0.399. The molecule has 0 aromatic heterocycles. The van der Waals surface area contributed by atoms with E-state index in [0.717, 1.165) is 22.0 Å². The number of hydrogen-bond acceptors (Lipinski definition) is 4. The van der Waals surface area contributed by atoms with Crippen LogP contribution in [0.5, 0.6) is 0 Å². The summed E-state index contributed by atoms with van der Waals surface area (Å²) in [7, 11) is -2.47. The van der Waals surface area contributed by atoms with Crippen LogP contribution in [0.3, 0.4) is 0 Å². The molecule has 3 aromatic carbocycles. The number of rotatable bonds is 9. The number of aryl methyl sites for hydroxylation is 1. The Balaban J connectivity index is 1.82. The van der Waals surface area contributed by atoms with Crippen LogP contribution in [-0.4, -0.2) is 44.5 Å². The highest BCUT2D eigenvalue weighted by Gasteiger charge is 2.30. The van der Waals surface area contributed by atoms with Gasteiger partial charge < -0.3 is 10.0 Å². The average molecular weight is 533 g/mol. The number of anilines is 1. The van der Waals surface area contributed by atoms with Crippen LogP contribution in [0.25, 0.3) is 6.08 Å². The van der Waals surface area contributed by atoms with Crippen LogP contribution in [0.2, 0.25) is 0 Å². The van der Waals surface area contributed by atoms with Gasteiger partial charge in [-0.1, -0.05) is 48.0 Å². The van der Waals surface area contributed by atoms with Gasteiger partial charge in [0.25, 0.3) is 10.0 Å². The lowest BCUT2D eigenvalue weighted by molar-refractivity contribution is -0.137. The Morgan fingerprint density at radius 1 is 0.973 bits per heavy atom. The topological polar surface area (TPSA) is 77.9 Å². The number of hydrogen-bond donors (Lipinski definition) is 1. The van der Waals surface area contributed by atoms with Gasteiger partial charge in [-0.3, -0.25) is 9.10 Å². The predicted octanol–water partition coefficient (Wildman–Crippen LogP) is 4.87. The van der Waals surface area contributed by atoms with Crippen LogP contribution in [0, 0.1) is 6.92 Å². The summed E-state index contributed by atoms with van der Waals surface area (Å²) in [6.45, 7) is 1.30. The molecule has 0 aliphatic rings. The highest BCUT2D eigenvalue weighted by Crippen LogP contribution is 2.30. The third-order valence-electron chi connectivity index (χ3n) is 5.61. The van der Waals surface area contributed by atoms with Crippen molar-refractivity contribution in [3.05, 3.63) is 101 Å². The van der Waals surface area contributed by atoms with Crippen molar-refractivity contribution in [3.8, 4) is 0 Å². The Hall–Kier alpha value is -3.63. The SMILES string of the molecule is Cc1ccc(S(=O)(=O)N(CCO)c2ccccc2CN(C)C(=O)/C=C/c2ccc(C(F)(F)F)cc2)cc1. The predicted molar refractivity (Wildman–Crippen MR) is 136 cm³/mol. The first kappa shape index (κ1) is 27.9. The monoisotopic (exact) mass is 532 g/mol. The van der Waals surface area contributed by atoms with Crippen molar-refractivity contribution in [1.29, 1.82) is 0 Å². The van der Waals surface area contributed by atoms with E-state index < -0.39 is 34.3 Å². The maximum atomic E-state index is 13.4.